The first-order chi connectivity index (χ1) is 39.0. The minimum Gasteiger partial charge on any atom is -0.466 e. The lowest BCUT2D eigenvalue weighted by Gasteiger charge is -2.22. The van der Waals surface area contributed by atoms with Crippen molar-refractivity contribution < 1.29 is 24.5 Å². The molecular weight excluding hydrogens is 971 g/mol. The molecule has 6 heteroatoms. The number of nitrogens with one attached hydrogen (secondary N) is 1. The van der Waals surface area contributed by atoms with Crippen LogP contribution in [0.2, 0.25) is 0 Å². The molecular formula is C73H145NO5. The molecule has 2 unspecified atom stereocenters. The van der Waals surface area contributed by atoms with E-state index in [1.807, 2.05) is 0 Å². The Balaban J connectivity index is 3.35. The van der Waals surface area contributed by atoms with Crippen LogP contribution in [0.25, 0.3) is 0 Å². The molecule has 472 valence electrons. The summed E-state index contributed by atoms with van der Waals surface area (Å²) in [6, 6.07) is -0.540. The molecule has 2 atom stereocenters. The Hall–Kier alpha value is -1.14. The first kappa shape index (κ1) is 77.9. The van der Waals surface area contributed by atoms with Crippen LogP contribution in [0.4, 0.5) is 0 Å². The van der Waals surface area contributed by atoms with Crippen molar-refractivity contribution in [3.05, 3.63) is 0 Å². The fourth-order valence-electron chi connectivity index (χ4n) is 12.1. The third kappa shape index (κ3) is 65.9. The monoisotopic (exact) mass is 1120 g/mol. The summed E-state index contributed by atoms with van der Waals surface area (Å²) in [7, 11) is 0. The molecule has 0 aromatic carbocycles. The van der Waals surface area contributed by atoms with Gasteiger partial charge in [0.05, 0.1) is 25.4 Å². The van der Waals surface area contributed by atoms with Gasteiger partial charge in [-0.15, -0.1) is 0 Å². The highest BCUT2D eigenvalue weighted by molar-refractivity contribution is 5.76. The van der Waals surface area contributed by atoms with Crippen molar-refractivity contribution in [1.82, 2.24) is 5.32 Å². The summed E-state index contributed by atoms with van der Waals surface area (Å²) in [6.45, 7) is 5.01. The molecule has 0 radical (unpaired) electrons. The predicted octanol–water partition coefficient (Wildman–Crippen LogP) is 23.8. The van der Waals surface area contributed by atoms with Crippen molar-refractivity contribution in [3.8, 4) is 0 Å². The second-order valence-electron chi connectivity index (χ2n) is 25.6. The summed E-state index contributed by atoms with van der Waals surface area (Å²) in [6.07, 6.45) is 84.5. The zero-order valence-corrected chi connectivity index (χ0v) is 54.2. The van der Waals surface area contributed by atoms with Crippen LogP contribution in [0.1, 0.15) is 431 Å². The van der Waals surface area contributed by atoms with Crippen LogP contribution in [-0.2, 0) is 14.3 Å². The van der Waals surface area contributed by atoms with Crippen LogP contribution in [0, 0.1) is 0 Å². The number of aliphatic hydroxyl groups is 2. The molecule has 0 heterocycles. The molecule has 0 aromatic rings. The topological polar surface area (TPSA) is 95.9 Å². The molecule has 79 heavy (non-hydrogen) atoms. The summed E-state index contributed by atoms with van der Waals surface area (Å²) >= 11 is 0. The maximum absolute atomic E-state index is 12.6. The minimum absolute atomic E-state index is 0.0186. The first-order valence-corrected chi connectivity index (χ1v) is 36.8. The molecule has 0 saturated carbocycles. The first-order valence-electron chi connectivity index (χ1n) is 36.8. The van der Waals surface area contributed by atoms with Crippen molar-refractivity contribution >= 4 is 11.9 Å². The van der Waals surface area contributed by atoms with Gasteiger partial charge in [-0.05, 0) is 25.7 Å². The summed E-state index contributed by atoms with van der Waals surface area (Å²) in [4.78, 5) is 24.6. The van der Waals surface area contributed by atoms with Gasteiger partial charge in [0.25, 0.3) is 0 Å². The lowest BCUT2D eigenvalue weighted by Crippen LogP contribution is -2.45. The van der Waals surface area contributed by atoms with Crippen molar-refractivity contribution in [2.45, 2.75) is 443 Å². The zero-order chi connectivity index (χ0) is 57.1. The smallest absolute Gasteiger partial charge is 0.305 e. The average molecular weight is 1120 g/mol. The molecule has 6 nitrogen and oxygen atoms in total. The van der Waals surface area contributed by atoms with Crippen LogP contribution < -0.4 is 5.32 Å². The number of aliphatic hydroxyl groups excluding tert-OH is 2. The van der Waals surface area contributed by atoms with E-state index in [1.165, 1.54) is 360 Å². The third-order valence-electron chi connectivity index (χ3n) is 17.7. The molecule has 0 fully saturated rings. The summed E-state index contributed by atoms with van der Waals surface area (Å²) in [5.74, 6) is -0.00829. The molecule has 0 aliphatic heterocycles. The number of carbonyl (C=O) groups excluding carboxylic acids is 2. The average Bonchev–Trinajstić information content (AvgIpc) is 3.45. The molecule has 0 aromatic heterocycles. The lowest BCUT2D eigenvalue weighted by atomic mass is 10.0. The van der Waals surface area contributed by atoms with Gasteiger partial charge in [-0.2, -0.15) is 0 Å². The van der Waals surface area contributed by atoms with Crippen molar-refractivity contribution in [2.24, 2.45) is 0 Å². The summed E-state index contributed by atoms with van der Waals surface area (Å²) in [5, 5.41) is 23.5. The number of carbonyl (C=O) groups is 2. The van der Waals surface area contributed by atoms with Crippen molar-refractivity contribution in [2.75, 3.05) is 13.2 Å². The largest absolute Gasteiger partial charge is 0.466 e. The molecule has 3 N–H and O–H groups in total. The Morgan fingerprint density at radius 1 is 0.304 bits per heavy atom. The van der Waals surface area contributed by atoms with E-state index in [-0.39, 0.29) is 18.5 Å². The Morgan fingerprint density at radius 3 is 0.772 bits per heavy atom. The molecule has 1 amide bonds. The quantitative estimate of drug-likeness (QED) is 0.0417. The van der Waals surface area contributed by atoms with E-state index in [0.29, 0.717) is 25.9 Å². The molecule has 0 bridgehead atoms. The molecule has 0 spiro atoms. The van der Waals surface area contributed by atoms with E-state index in [9.17, 15) is 19.8 Å². The minimum atomic E-state index is -0.664. The predicted molar refractivity (Wildman–Crippen MR) is 347 cm³/mol. The molecule has 0 aliphatic carbocycles. The van der Waals surface area contributed by atoms with Gasteiger partial charge in [0.2, 0.25) is 5.91 Å². The van der Waals surface area contributed by atoms with Gasteiger partial charge in [-0.25, -0.2) is 0 Å². The fraction of sp³-hybridized carbons (Fsp3) is 0.973. The highest BCUT2D eigenvalue weighted by Gasteiger charge is 2.20. The maximum atomic E-state index is 12.6. The highest BCUT2D eigenvalue weighted by atomic mass is 16.5. The van der Waals surface area contributed by atoms with Crippen molar-refractivity contribution in [3.63, 3.8) is 0 Å². The highest BCUT2D eigenvalue weighted by Crippen LogP contribution is 2.20. The van der Waals surface area contributed by atoms with Gasteiger partial charge in [0.1, 0.15) is 0 Å². The zero-order valence-electron chi connectivity index (χ0n) is 54.2. The van der Waals surface area contributed by atoms with Gasteiger partial charge in [0, 0.05) is 12.8 Å². The number of rotatable bonds is 70. The standard InChI is InChI=1S/C73H145NO5/c1-3-5-7-9-11-13-15-17-18-19-20-21-22-24-27-30-33-36-39-42-45-49-53-57-61-65-71(76)70(69-75)74-72(77)66-62-58-54-50-46-43-40-37-34-31-28-25-23-26-29-32-35-38-41-44-48-52-56-60-64-68-79-73(78)67-63-59-55-51-47-16-14-12-10-8-6-4-2/h70-71,75-76H,3-69H2,1-2H3,(H,74,77). The van der Waals surface area contributed by atoms with Gasteiger partial charge in [-0.1, -0.05) is 393 Å². The SMILES string of the molecule is CCCCCCCCCCCCCCCCCCCCCCCCCCCC(O)C(CO)NC(=O)CCCCCCCCCCCCCCCCCCCCCCCCCCCOC(=O)CCCCCCCCCCCCCC. The molecule has 0 aliphatic rings. The van der Waals surface area contributed by atoms with Gasteiger partial charge < -0.3 is 20.3 Å². The van der Waals surface area contributed by atoms with Gasteiger partial charge in [0.15, 0.2) is 0 Å². The second kappa shape index (κ2) is 69.4. The van der Waals surface area contributed by atoms with E-state index in [2.05, 4.69) is 19.2 Å². The lowest BCUT2D eigenvalue weighted by molar-refractivity contribution is -0.143. The van der Waals surface area contributed by atoms with Crippen LogP contribution in [-0.4, -0.2) is 47.4 Å². The number of amides is 1. The summed E-state index contributed by atoms with van der Waals surface area (Å²) in [5.41, 5.74) is 0. The second-order valence-corrected chi connectivity index (χ2v) is 25.6. The van der Waals surface area contributed by atoms with Crippen LogP contribution >= 0.6 is 0 Å². The van der Waals surface area contributed by atoms with E-state index in [0.717, 1.165) is 38.5 Å². The normalized spacial score (nSPS) is 12.4. The number of hydrogen-bond acceptors (Lipinski definition) is 5. The van der Waals surface area contributed by atoms with Gasteiger partial charge in [-0.3, -0.25) is 9.59 Å². The van der Waals surface area contributed by atoms with Crippen molar-refractivity contribution in [1.29, 1.82) is 0 Å². The Labute approximate surface area is 496 Å². The summed E-state index contributed by atoms with van der Waals surface area (Å²) < 4.78 is 5.48. The Morgan fingerprint density at radius 2 is 0.519 bits per heavy atom. The van der Waals surface area contributed by atoms with E-state index in [1.54, 1.807) is 0 Å². The van der Waals surface area contributed by atoms with Gasteiger partial charge >= 0.3 is 5.97 Å². The molecule has 0 rings (SSSR count). The fourth-order valence-corrected chi connectivity index (χ4v) is 12.1. The Kier molecular flexibility index (Phi) is 68.4. The maximum Gasteiger partial charge on any atom is 0.305 e. The van der Waals surface area contributed by atoms with Crippen LogP contribution in [0.5, 0.6) is 0 Å². The number of ether oxygens (including phenoxy) is 1. The Bertz CT molecular complexity index is 1150. The number of esters is 1. The van der Waals surface area contributed by atoms with Crippen LogP contribution in [0.3, 0.4) is 0 Å². The molecule has 0 saturated heterocycles. The van der Waals surface area contributed by atoms with E-state index >= 15 is 0 Å². The van der Waals surface area contributed by atoms with E-state index < -0.39 is 12.1 Å². The third-order valence-corrected chi connectivity index (χ3v) is 17.7. The van der Waals surface area contributed by atoms with Crippen LogP contribution in [0.15, 0.2) is 0 Å². The number of unbranched alkanes of at least 4 members (excludes halogenated alkanes) is 59. The van der Waals surface area contributed by atoms with E-state index in [4.69, 9.17) is 4.74 Å². The number of hydrogen-bond donors (Lipinski definition) is 3.